The summed E-state index contributed by atoms with van der Waals surface area (Å²) in [7, 11) is 0. The Morgan fingerprint density at radius 3 is 2.72 bits per heavy atom. The molecule has 0 aliphatic carbocycles. The third-order valence-electron chi connectivity index (χ3n) is 2.56. The minimum atomic E-state index is -0.837. The fourth-order valence-electron chi connectivity index (χ4n) is 1.86. The van der Waals surface area contributed by atoms with Crippen molar-refractivity contribution in [2.24, 2.45) is 11.8 Å². The summed E-state index contributed by atoms with van der Waals surface area (Å²) in [5.74, 6) is -0.740. The number of carboxylic acid groups (broad SMARTS) is 1. The monoisotopic (exact) mass is 253 g/mol. The summed E-state index contributed by atoms with van der Waals surface area (Å²) in [4.78, 5) is 28.8. The van der Waals surface area contributed by atoms with E-state index in [-0.39, 0.29) is 18.2 Å². The molecule has 6 heteroatoms. The molecule has 0 saturated carbocycles. The van der Waals surface area contributed by atoms with Crippen LogP contribution >= 0.6 is 0 Å². The number of carbonyl (C=O) groups excluding carboxylic acids is 1. The number of aromatic nitrogens is 2. The summed E-state index contributed by atoms with van der Waals surface area (Å²) >= 11 is 0. The molecule has 18 heavy (non-hydrogen) atoms. The average Bonchev–Trinajstić information content (AvgIpc) is 2.77. The Hall–Kier alpha value is -1.85. The summed E-state index contributed by atoms with van der Waals surface area (Å²) in [5, 5.41) is 11.5. The normalized spacial score (nSPS) is 12.4. The van der Waals surface area contributed by atoms with Crippen molar-refractivity contribution in [3.8, 4) is 0 Å². The molecule has 0 aromatic carbocycles. The molecule has 0 radical (unpaired) electrons. The molecule has 1 aromatic rings. The minimum absolute atomic E-state index is 0.0469. The van der Waals surface area contributed by atoms with Crippen LogP contribution in [0.25, 0.3) is 0 Å². The van der Waals surface area contributed by atoms with Crippen molar-refractivity contribution in [1.82, 2.24) is 15.3 Å². The first-order valence-corrected chi connectivity index (χ1v) is 5.97. The fourth-order valence-corrected chi connectivity index (χ4v) is 1.86. The van der Waals surface area contributed by atoms with Gasteiger partial charge < -0.3 is 15.4 Å². The minimum Gasteiger partial charge on any atom is -0.481 e. The highest BCUT2D eigenvalue weighted by molar-refractivity contribution is 5.91. The lowest BCUT2D eigenvalue weighted by Crippen LogP contribution is -2.31. The summed E-state index contributed by atoms with van der Waals surface area (Å²) < 4.78 is 0. The number of H-pyrrole nitrogens is 1. The van der Waals surface area contributed by atoms with Crippen molar-refractivity contribution >= 4 is 11.9 Å². The van der Waals surface area contributed by atoms with E-state index in [9.17, 15) is 9.59 Å². The lowest BCUT2D eigenvalue weighted by atomic mass is 9.94. The number of rotatable bonds is 7. The van der Waals surface area contributed by atoms with Crippen molar-refractivity contribution in [2.75, 3.05) is 6.54 Å². The fraction of sp³-hybridized carbons (Fsp3) is 0.583. The first-order chi connectivity index (χ1) is 8.49. The lowest BCUT2D eigenvalue weighted by molar-refractivity contribution is -0.138. The lowest BCUT2D eigenvalue weighted by Gasteiger charge is -2.17. The second-order valence-corrected chi connectivity index (χ2v) is 4.77. The van der Waals surface area contributed by atoms with Crippen LogP contribution in [-0.4, -0.2) is 33.5 Å². The molecule has 3 N–H and O–H groups in total. The Morgan fingerprint density at radius 1 is 1.50 bits per heavy atom. The highest BCUT2D eigenvalue weighted by atomic mass is 16.4. The predicted molar refractivity (Wildman–Crippen MR) is 66.1 cm³/mol. The molecule has 1 heterocycles. The van der Waals surface area contributed by atoms with Gasteiger partial charge in [0.25, 0.3) is 5.91 Å². The molecule has 6 nitrogen and oxygen atoms in total. The van der Waals surface area contributed by atoms with Gasteiger partial charge in [0.2, 0.25) is 0 Å². The number of amides is 1. The summed E-state index contributed by atoms with van der Waals surface area (Å²) in [5.41, 5.74) is 0.383. The second kappa shape index (κ2) is 6.78. The number of hydrogen-bond acceptors (Lipinski definition) is 3. The maximum atomic E-state index is 11.7. The van der Waals surface area contributed by atoms with Crippen LogP contribution in [0.15, 0.2) is 12.5 Å². The number of aromatic amines is 1. The molecule has 100 valence electrons. The number of carboxylic acids is 1. The van der Waals surface area contributed by atoms with Gasteiger partial charge in [-0.1, -0.05) is 13.8 Å². The Bertz CT molecular complexity index is 387. The molecule has 0 bridgehead atoms. The van der Waals surface area contributed by atoms with Crippen LogP contribution in [0.4, 0.5) is 0 Å². The summed E-state index contributed by atoms with van der Waals surface area (Å²) in [6.07, 6.45) is 3.71. The molecule has 1 rings (SSSR count). The maximum absolute atomic E-state index is 11.7. The Balaban J connectivity index is 2.45. The largest absolute Gasteiger partial charge is 0.481 e. The van der Waals surface area contributed by atoms with Gasteiger partial charge in [-0.25, -0.2) is 4.98 Å². The summed E-state index contributed by atoms with van der Waals surface area (Å²) in [6.45, 7) is 4.43. The van der Waals surface area contributed by atoms with E-state index in [1.807, 2.05) is 13.8 Å². The zero-order valence-electron chi connectivity index (χ0n) is 10.6. The van der Waals surface area contributed by atoms with Gasteiger partial charge >= 0.3 is 5.97 Å². The van der Waals surface area contributed by atoms with Crippen LogP contribution in [0, 0.1) is 11.8 Å². The van der Waals surface area contributed by atoms with Crippen molar-refractivity contribution in [3.63, 3.8) is 0 Å². The topological polar surface area (TPSA) is 95.1 Å². The van der Waals surface area contributed by atoms with Gasteiger partial charge in [-0.3, -0.25) is 9.59 Å². The second-order valence-electron chi connectivity index (χ2n) is 4.77. The molecule has 0 spiro atoms. The quantitative estimate of drug-likeness (QED) is 0.682. The highest BCUT2D eigenvalue weighted by Crippen LogP contribution is 2.14. The van der Waals surface area contributed by atoms with Crippen LogP contribution in [-0.2, 0) is 4.79 Å². The van der Waals surface area contributed by atoms with Crippen LogP contribution in [0.1, 0.15) is 37.2 Å². The molecule has 0 aliphatic heterocycles. The molecule has 1 amide bonds. The smallest absolute Gasteiger partial charge is 0.303 e. The van der Waals surface area contributed by atoms with Gasteiger partial charge in [0.05, 0.1) is 12.5 Å². The van der Waals surface area contributed by atoms with E-state index < -0.39 is 5.97 Å². The number of aliphatic carboxylic acids is 1. The number of carbonyl (C=O) groups is 2. The Kier molecular flexibility index (Phi) is 5.35. The molecule has 0 saturated heterocycles. The van der Waals surface area contributed by atoms with E-state index in [0.717, 1.165) is 6.42 Å². The van der Waals surface area contributed by atoms with Gasteiger partial charge in [-0.2, -0.15) is 0 Å². The maximum Gasteiger partial charge on any atom is 0.303 e. The van der Waals surface area contributed by atoms with Crippen LogP contribution in [0.5, 0.6) is 0 Å². The van der Waals surface area contributed by atoms with Gasteiger partial charge in [-0.05, 0) is 18.3 Å². The van der Waals surface area contributed by atoms with E-state index in [4.69, 9.17) is 5.11 Å². The third-order valence-corrected chi connectivity index (χ3v) is 2.56. The van der Waals surface area contributed by atoms with E-state index >= 15 is 0 Å². The first-order valence-electron chi connectivity index (χ1n) is 5.97. The molecule has 1 aromatic heterocycles. The van der Waals surface area contributed by atoms with Crippen LogP contribution in [0.2, 0.25) is 0 Å². The molecule has 0 fully saturated rings. The van der Waals surface area contributed by atoms with Gasteiger partial charge in [0.1, 0.15) is 5.69 Å². The standard InChI is InChI=1S/C12H19N3O3/c1-8(2)3-9(4-11(16)17)5-14-12(18)10-6-13-7-15-10/h6-9H,3-5H2,1-2H3,(H,13,15)(H,14,18)(H,16,17)/t9-/m0/s1. The first kappa shape index (κ1) is 14.2. The van der Waals surface area contributed by atoms with Gasteiger partial charge in [-0.15, -0.1) is 0 Å². The van der Waals surface area contributed by atoms with E-state index in [2.05, 4.69) is 15.3 Å². The van der Waals surface area contributed by atoms with Crippen molar-refractivity contribution < 1.29 is 14.7 Å². The number of nitrogens with zero attached hydrogens (tertiary/aromatic N) is 1. The van der Waals surface area contributed by atoms with E-state index in [1.54, 1.807) is 0 Å². The van der Waals surface area contributed by atoms with Gasteiger partial charge in [0, 0.05) is 13.0 Å². The molecule has 0 unspecified atom stereocenters. The summed E-state index contributed by atoms with van der Waals surface area (Å²) in [6, 6.07) is 0. The number of hydrogen-bond donors (Lipinski definition) is 3. The molecular formula is C12H19N3O3. The molecule has 1 atom stereocenters. The third kappa shape index (κ3) is 4.99. The Labute approximate surface area is 106 Å². The zero-order chi connectivity index (χ0) is 13.5. The van der Waals surface area contributed by atoms with E-state index in [0.29, 0.717) is 18.2 Å². The van der Waals surface area contributed by atoms with Gasteiger partial charge in [0.15, 0.2) is 0 Å². The number of imidazole rings is 1. The highest BCUT2D eigenvalue weighted by Gasteiger charge is 2.16. The van der Waals surface area contributed by atoms with Crippen molar-refractivity contribution in [2.45, 2.75) is 26.7 Å². The molecular weight excluding hydrogens is 234 g/mol. The van der Waals surface area contributed by atoms with Crippen molar-refractivity contribution in [1.29, 1.82) is 0 Å². The van der Waals surface area contributed by atoms with Crippen molar-refractivity contribution in [3.05, 3.63) is 18.2 Å². The van der Waals surface area contributed by atoms with Crippen LogP contribution in [0.3, 0.4) is 0 Å². The SMILES string of the molecule is CC(C)C[C@H](CNC(=O)c1cnc[nH]1)CC(=O)O. The molecule has 0 aliphatic rings. The predicted octanol–water partition coefficient (Wildman–Crippen LogP) is 1.28. The average molecular weight is 253 g/mol. The Morgan fingerprint density at radius 2 is 2.22 bits per heavy atom. The van der Waals surface area contributed by atoms with E-state index in [1.165, 1.54) is 12.5 Å². The van der Waals surface area contributed by atoms with Crippen LogP contribution < -0.4 is 5.32 Å². The number of nitrogens with one attached hydrogen (secondary N) is 2. The zero-order valence-corrected chi connectivity index (χ0v) is 10.6.